The number of fused-ring (bicyclic) bond motifs is 1. The van der Waals surface area contributed by atoms with E-state index in [1.54, 1.807) is 6.07 Å². The summed E-state index contributed by atoms with van der Waals surface area (Å²) in [4.78, 5) is 22.9. The Bertz CT molecular complexity index is 871. The molecule has 1 aliphatic heterocycles. The van der Waals surface area contributed by atoms with Crippen molar-refractivity contribution >= 4 is 17.6 Å². The lowest BCUT2D eigenvalue weighted by molar-refractivity contribution is -0.140. The molecule has 0 radical (unpaired) electrons. The van der Waals surface area contributed by atoms with Gasteiger partial charge < -0.3 is 10.4 Å². The minimum absolute atomic E-state index is 0.000394. The summed E-state index contributed by atoms with van der Waals surface area (Å²) >= 11 is 0. The molecule has 0 aromatic heterocycles. The maximum absolute atomic E-state index is 14.1. The van der Waals surface area contributed by atoms with Crippen molar-refractivity contribution in [2.45, 2.75) is 31.1 Å². The average Bonchev–Trinajstić information content (AvgIpc) is 3.35. The number of anilines is 1. The maximum Gasteiger partial charge on any atom is 0.314 e. The SMILES string of the molecule is O=C1CCc2cc(-c3cc(F)cc(C4(C(=O)O)CC4)c3)ccc2N1. The van der Waals surface area contributed by atoms with Gasteiger partial charge in [-0.1, -0.05) is 6.07 Å². The second-order valence-corrected chi connectivity index (χ2v) is 6.54. The number of carboxylic acids is 1. The third-order valence-corrected chi connectivity index (χ3v) is 4.94. The van der Waals surface area contributed by atoms with Gasteiger partial charge in [0.2, 0.25) is 5.91 Å². The molecular formula is C19H16FNO3. The Morgan fingerprint density at radius 3 is 2.58 bits per heavy atom. The normalized spacial score (nSPS) is 17.8. The van der Waals surface area contributed by atoms with Gasteiger partial charge in [0, 0.05) is 12.1 Å². The van der Waals surface area contributed by atoms with Crippen molar-refractivity contribution in [2.75, 3.05) is 5.32 Å². The van der Waals surface area contributed by atoms with E-state index in [9.17, 15) is 19.1 Å². The number of rotatable bonds is 3. The van der Waals surface area contributed by atoms with Gasteiger partial charge in [0.1, 0.15) is 5.82 Å². The van der Waals surface area contributed by atoms with E-state index in [0.29, 0.717) is 36.8 Å². The maximum atomic E-state index is 14.1. The molecule has 2 aromatic rings. The molecule has 0 atom stereocenters. The molecule has 0 unspecified atom stereocenters. The molecular weight excluding hydrogens is 309 g/mol. The standard InChI is InChI=1S/C19H16FNO3/c20-15-9-13(8-14(10-15)19(5-6-19)18(23)24)11-1-3-16-12(7-11)2-4-17(22)21-16/h1,3,7-10H,2,4-6H2,(H,21,22)(H,23,24). The third kappa shape index (κ3) is 2.37. The van der Waals surface area contributed by atoms with Crippen molar-refractivity contribution in [1.82, 2.24) is 0 Å². The van der Waals surface area contributed by atoms with Gasteiger partial charge in [0.15, 0.2) is 0 Å². The van der Waals surface area contributed by atoms with E-state index in [1.807, 2.05) is 18.2 Å². The van der Waals surface area contributed by atoms with E-state index in [4.69, 9.17) is 0 Å². The Kier molecular flexibility index (Phi) is 3.20. The van der Waals surface area contributed by atoms with Gasteiger partial charge in [0.05, 0.1) is 5.41 Å². The molecule has 1 fully saturated rings. The predicted molar refractivity (Wildman–Crippen MR) is 87.3 cm³/mol. The number of halogens is 1. The predicted octanol–water partition coefficient (Wildman–Crippen LogP) is 3.49. The number of amides is 1. The number of carboxylic acid groups (broad SMARTS) is 1. The fourth-order valence-corrected chi connectivity index (χ4v) is 3.35. The molecule has 0 spiro atoms. The molecule has 1 heterocycles. The lowest BCUT2D eigenvalue weighted by atomic mass is 9.91. The third-order valence-electron chi connectivity index (χ3n) is 4.94. The van der Waals surface area contributed by atoms with Gasteiger partial charge >= 0.3 is 5.97 Å². The summed E-state index contributed by atoms with van der Waals surface area (Å²) in [6.45, 7) is 0. The number of benzene rings is 2. The molecule has 1 aliphatic carbocycles. The average molecular weight is 325 g/mol. The summed E-state index contributed by atoms with van der Waals surface area (Å²) in [7, 11) is 0. The Hall–Kier alpha value is -2.69. The zero-order valence-electron chi connectivity index (χ0n) is 12.9. The molecule has 24 heavy (non-hydrogen) atoms. The van der Waals surface area contributed by atoms with Crippen LogP contribution in [-0.4, -0.2) is 17.0 Å². The Balaban J connectivity index is 1.76. The van der Waals surface area contributed by atoms with Gasteiger partial charge in [-0.3, -0.25) is 9.59 Å². The lowest BCUT2D eigenvalue weighted by Gasteiger charge is -2.18. The Morgan fingerprint density at radius 1 is 1.08 bits per heavy atom. The molecule has 0 bridgehead atoms. The second kappa shape index (κ2) is 5.16. The molecule has 122 valence electrons. The van der Waals surface area contributed by atoms with E-state index in [0.717, 1.165) is 16.8 Å². The first-order valence-electron chi connectivity index (χ1n) is 7.96. The topological polar surface area (TPSA) is 66.4 Å². The molecule has 0 saturated heterocycles. The van der Waals surface area contributed by atoms with Crippen molar-refractivity contribution in [3.63, 3.8) is 0 Å². The number of nitrogens with one attached hydrogen (secondary N) is 1. The van der Waals surface area contributed by atoms with Crippen molar-refractivity contribution in [2.24, 2.45) is 0 Å². The number of carbonyl (C=O) groups is 2. The summed E-state index contributed by atoms with van der Waals surface area (Å²) in [6.07, 6.45) is 2.17. The molecule has 2 N–H and O–H groups in total. The minimum Gasteiger partial charge on any atom is -0.481 e. The molecule has 2 aliphatic rings. The molecule has 1 amide bonds. The quantitative estimate of drug-likeness (QED) is 0.908. The number of carbonyl (C=O) groups excluding carboxylic acids is 1. The second-order valence-electron chi connectivity index (χ2n) is 6.54. The van der Waals surface area contributed by atoms with Crippen LogP contribution in [-0.2, 0) is 21.4 Å². The first-order chi connectivity index (χ1) is 11.5. The Morgan fingerprint density at radius 2 is 1.88 bits per heavy atom. The minimum atomic E-state index is -0.932. The van der Waals surface area contributed by atoms with E-state index in [-0.39, 0.29) is 5.91 Å². The zero-order valence-corrected chi connectivity index (χ0v) is 12.9. The van der Waals surface area contributed by atoms with Gasteiger partial charge in [0.25, 0.3) is 0 Å². The Labute approximate surface area is 138 Å². The van der Waals surface area contributed by atoms with Crippen LogP contribution in [0.2, 0.25) is 0 Å². The monoisotopic (exact) mass is 325 g/mol. The molecule has 2 aromatic carbocycles. The summed E-state index contributed by atoms with van der Waals surface area (Å²) in [5, 5.41) is 12.2. The smallest absolute Gasteiger partial charge is 0.314 e. The number of hydrogen-bond donors (Lipinski definition) is 2. The highest BCUT2D eigenvalue weighted by atomic mass is 19.1. The van der Waals surface area contributed by atoms with Crippen LogP contribution in [0.4, 0.5) is 10.1 Å². The molecule has 5 heteroatoms. The van der Waals surface area contributed by atoms with E-state index in [2.05, 4.69) is 5.32 Å². The van der Waals surface area contributed by atoms with Crippen molar-refractivity contribution in [3.05, 3.63) is 53.3 Å². The lowest BCUT2D eigenvalue weighted by Crippen LogP contribution is -2.20. The van der Waals surface area contributed by atoms with E-state index >= 15 is 0 Å². The van der Waals surface area contributed by atoms with Crippen LogP contribution in [0.3, 0.4) is 0 Å². The number of hydrogen-bond acceptors (Lipinski definition) is 2. The molecule has 4 nitrogen and oxygen atoms in total. The molecule has 1 saturated carbocycles. The van der Waals surface area contributed by atoms with Gasteiger partial charge in [-0.15, -0.1) is 0 Å². The number of aryl methyl sites for hydroxylation is 1. The summed E-state index contributed by atoms with van der Waals surface area (Å²) in [5.41, 5.74) is 2.88. The molecule has 4 rings (SSSR count). The van der Waals surface area contributed by atoms with Gasteiger partial charge in [-0.05, 0) is 71.8 Å². The van der Waals surface area contributed by atoms with Crippen LogP contribution >= 0.6 is 0 Å². The van der Waals surface area contributed by atoms with Gasteiger partial charge in [-0.2, -0.15) is 0 Å². The number of aliphatic carboxylic acids is 1. The first-order valence-corrected chi connectivity index (χ1v) is 7.96. The first kappa shape index (κ1) is 14.9. The van der Waals surface area contributed by atoms with Crippen molar-refractivity contribution in [1.29, 1.82) is 0 Å². The fourth-order valence-electron chi connectivity index (χ4n) is 3.35. The van der Waals surface area contributed by atoms with Crippen LogP contribution in [0, 0.1) is 5.82 Å². The highest BCUT2D eigenvalue weighted by molar-refractivity contribution is 5.94. The fraction of sp³-hybridized carbons (Fsp3) is 0.263. The van der Waals surface area contributed by atoms with Crippen molar-refractivity contribution in [3.8, 4) is 11.1 Å². The van der Waals surface area contributed by atoms with Crippen LogP contribution in [0.5, 0.6) is 0 Å². The zero-order chi connectivity index (χ0) is 16.9. The largest absolute Gasteiger partial charge is 0.481 e. The summed E-state index contributed by atoms with van der Waals surface area (Å²) < 4.78 is 14.1. The van der Waals surface area contributed by atoms with Crippen LogP contribution in [0.25, 0.3) is 11.1 Å². The highest BCUT2D eigenvalue weighted by Crippen LogP contribution is 2.49. The van der Waals surface area contributed by atoms with Crippen molar-refractivity contribution < 1.29 is 19.1 Å². The van der Waals surface area contributed by atoms with Crippen LogP contribution in [0.15, 0.2) is 36.4 Å². The highest BCUT2D eigenvalue weighted by Gasteiger charge is 2.52. The van der Waals surface area contributed by atoms with Crippen LogP contribution in [0.1, 0.15) is 30.4 Å². The van der Waals surface area contributed by atoms with Crippen LogP contribution < -0.4 is 5.32 Å². The van der Waals surface area contributed by atoms with E-state index < -0.39 is 17.2 Å². The summed E-state index contributed by atoms with van der Waals surface area (Å²) in [6, 6.07) is 10.1. The van der Waals surface area contributed by atoms with E-state index in [1.165, 1.54) is 12.1 Å². The summed E-state index contributed by atoms with van der Waals surface area (Å²) in [5.74, 6) is -1.33. The van der Waals surface area contributed by atoms with Gasteiger partial charge in [-0.25, -0.2) is 4.39 Å².